The molecule has 3 N–H and O–H groups in total. The van der Waals surface area contributed by atoms with Crippen LogP contribution in [0.5, 0.6) is 0 Å². The standard InChI is InChI=1S/C14H24N2O4/c1-14(2,3)11(13(19)20)12(18)16(8-10(15)17)9-6-4-5-7-9/h9,11H,4-8H2,1-3H3,(H2,15,17)(H,19,20). The van der Waals surface area contributed by atoms with E-state index >= 15 is 0 Å². The Morgan fingerprint density at radius 1 is 1.25 bits per heavy atom. The summed E-state index contributed by atoms with van der Waals surface area (Å²) in [6, 6.07) is -0.0702. The van der Waals surface area contributed by atoms with Crippen molar-refractivity contribution in [2.24, 2.45) is 17.1 Å². The second-order valence-corrected chi connectivity index (χ2v) is 6.51. The highest BCUT2D eigenvalue weighted by molar-refractivity contribution is 5.99. The summed E-state index contributed by atoms with van der Waals surface area (Å²) in [7, 11) is 0. The first-order valence-electron chi connectivity index (χ1n) is 6.96. The minimum atomic E-state index is -1.16. The highest BCUT2D eigenvalue weighted by Gasteiger charge is 2.42. The van der Waals surface area contributed by atoms with Gasteiger partial charge in [-0.25, -0.2) is 0 Å². The van der Waals surface area contributed by atoms with Gasteiger partial charge in [-0.3, -0.25) is 14.4 Å². The van der Waals surface area contributed by atoms with E-state index in [4.69, 9.17) is 5.73 Å². The van der Waals surface area contributed by atoms with Crippen molar-refractivity contribution < 1.29 is 19.5 Å². The summed E-state index contributed by atoms with van der Waals surface area (Å²) in [5.74, 6) is -3.43. The fraction of sp³-hybridized carbons (Fsp3) is 0.786. The number of primary amides is 1. The molecular weight excluding hydrogens is 260 g/mol. The van der Waals surface area contributed by atoms with Crippen molar-refractivity contribution in [2.45, 2.75) is 52.5 Å². The molecule has 0 bridgehead atoms. The summed E-state index contributed by atoms with van der Waals surface area (Å²) >= 11 is 0. The number of carboxylic acids is 1. The second-order valence-electron chi connectivity index (χ2n) is 6.51. The number of hydrogen-bond donors (Lipinski definition) is 2. The predicted molar refractivity (Wildman–Crippen MR) is 73.7 cm³/mol. The predicted octanol–water partition coefficient (Wildman–Crippen LogP) is 0.990. The van der Waals surface area contributed by atoms with Crippen LogP contribution < -0.4 is 5.73 Å². The van der Waals surface area contributed by atoms with E-state index in [9.17, 15) is 19.5 Å². The van der Waals surface area contributed by atoms with Crippen LogP contribution in [-0.2, 0) is 14.4 Å². The van der Waals surface area contributed by atoms with Crippen molar-refractivity contribution in [2.75, 3.05) is 6.54 Å². The average molecular weight is 284 g/mol. The van der Waals surface area contributed by atoms with Crippen LogP contribution >= 0.6 is 0 Å². The Kier molecular flexibility index (Phi) is 5.14. The number of carbonyl (C=O) groups is 3. The third-order valence-electron chi connectivity index (χ3n) is 3.73. The van der Waals surface area contributed by atoms with Crippen molar-refractivity contribution in [3.8, 4) is 0 Å². The lowest BCUT2D eigenvalue weighted by Crippen LogP contribution is -2.51. The number of nitrogens with two attached hydrogens (primary N) is 1. The molecule has 1 aliphatic carbocycles. The molecule has 0 spiro atoms. The van der Waals surface area contributed by atoms with Gasteiger partial charge in [0.05, 0.1) is 6.54 Å². The highest BCUT2D eigenvalue weighted by Crippen LogP contribution is 2.31. The van der Waals surface area contributed by atoms with Crippen LogP contribution in [0, 0.1) is 11.3 Å². The molecule has 0 aromatic rings. The van der Waals surface area contributed by atoms with Gasteiger partial charge >= 0.3 is 5.97 Å². The molecule has 1 saturated carbocycles. The van der Waals surface area contributed by atoms with Crippen molar-refractivity contribution in [3.63, 3.8) is 0 Å². The van der Waals surface area contributed by atoms with Crippen LogP contribution in [-0.4, -0.2) is 40.4 Å². The smallest absolute Gasteiger partial charge is 0.316 e. The maximum atomic E-state index is 12.6. The van der Waals surface area contributed by atoms with Gasteiger partial charge in [-0.05, 0) is 18.3 Å². The SMILES string of the molecule is CC(C)(C)C(C(=O)O)C(=O)N(CC(N)=O)C1CCCC1. The maximum absolute atomic E-state index is 12.6. The molecule has 0 saturated heterocycles. The Morgan fingerprint density at radius 3 is 2.10 bits per heavy atom. The summed E-state index contributed by atoms with van der Waals surface area (Å²) in [6.07, 6.45) is 3.58. The van der Waals surface area contributed by atoms with Crippen LogP contribution in [0.15, 0.2) is 0 Å². The number of aliphatic carboxylic acids is 1. The largest absolute Gasteiger partial charge is 0.481 e. The van der Waals surface area contributed by atoms with E-state index in [1.165, 1.54) is 4.90 Å². The molecule has 0 heterocycles. The molecule has 0 aromatic heterocycles. The van der Waals surface area contributed by atoms with Crippen molar-refractivity contribution >= 4 is 17.8 Å². The number of carboxylic acid groups (broad SMARTS) is 1. The summed E-state index contributed by atoms with van der Waals surface area (Å²) < 4.78 is 0. The first kappa shape index (κ1) is 16.5. The molecule has 114 valence electrons. The zero-order chi connectivity index (χ0) is 15.5. The number of rotatable bonds is 5. The minimum Gasteiger partial charge on any atom is -0.481 e. The average Bonchev–Trinajstić information content (AvgIpc) is 2.75. The van der Waals surface area contributed by atoms with Gasteiger partial charge in [0.15, 0.2) is 0 Å². The Hall–Kier alpha value is -1.59. The quantitative estimate of drug-likeness (QED) is 0.735. The topological polar surface area (TPSA) is 101 Å². The lowest BCUT2D eigenvalue weighted by molar-refractivity contribution is -0.158. The Labute approximate surface area is 119 Å². The van der Waals surface area contributed by atoms with Crippen LogP contribution in [0.25, 0.3) is 0 Å². The van der Waals surface area contributed by atoms with Gasteiger partial charge in [-0.15, -0.1) is 0 Å². The molecule has 20 heavy (non-hydrogen) atoms. The fourth-order valence-electron chi connectivity index (χ4n) is 2.78. The Balaban J connectivity index is 3.01. The molecule has 0 aromatic carbocycles. The lowest BCUT2D eigenvalue weighted by atomic mass is 9.79. The molecule has 1 aliphatic rings. The zero-order valence-corrected chi connectivity index (χ0v) is 12.4. The van der Waals surface area contributed by atoms with Crippen molar-refractivity contribution in [1.29, 1.82) is 0 Å². The Bertz CT molecular complexity index is 394. The zero-order valence-electron chi connectivity index (χ0n) is 12.4. The summed E-state index contributed by atoms with van der Waals surface area (Å²) in [5.41, 5.74) is 4.49. The van der Waals surface area contributed by atoms with Gasteiger partial charge in [-0.1, -0.05) is 33.6 Å². The summed E-state index contributed by atoms with van der Waals surface area (Å²) in [5, 5.41) is 9.34. The van der Waals surface area contributed by atoms with Crippen LogP contribution in [0.4, 0.5) is 0 Å². The molecule has 2 amide bonds. The van der Waals surface area contributed by atoms with Gasteiger partial charge < -0.3 is 15.7 Å². The van der Waals surface area contributed by atoms with Gasteiger partial charge in [0.1, 0.15) is 5.92 Å². The third-order valence-corrected chi connectivity index (χ3v) is 3.73. The molecule has 0 radical (unpaired) electrons. The first-order chi connectivity index (χ1) is 9.14. The summed E-state index contributed by atoms with van der Waals surface area (Å²) in [6.45, 7) is 4.92. The molecule has 6 nitrogen and oxygen atoms in total. The van der Waals surface area contributed by atoms with E-state index in [-0.39, 0.29) is 12.6 Å². The molecule has 0 aliphatic heterocycles. The van der Waals surface area contributed by atoms with E-state index in [1.54, 1.807) is 20.8 Å². The molecule has 1 fully saturated rings. The summed E-state index contributed by atoms with van der Waals surface area (Å²) in [4.78, 5) is 36.6. The number of amides is 2. The van der Waals surface area contributed by atoms with Gasteiger partial charge in [0.25, 0.3) is 0 Å². The molecular formula is C14H24N2O4. The van der Waals surface area contributed by atoms with Crippen LogP contribution in [0.3, 0.4) is 0 Å². The highest BCUT2D eigenvalue weighted by atomic mass is 16.4. The van der Waals surface area contributed by atoms with Crippen LogP contribution in [0.2, 0.25) is 0 Å². The maximum Gasteiger partial charge on any atom is 0.316 e. The second kappa shape index (κ2) is 6.24. The molecule has 1 atom stereocenters. The lowest BCUT2D eigenvalue weighted by Gasteiger charge is -2.34. The Morgan fingerprint density at radius 2 is 1.75 bits per heavy atom. The third kappa shape index (κ3) is 3.95. The monoisotopic (exact) mass is 284 g/mol. The van der Waals surface area contributed by atoms with Crippen LogP contribution in [0.1, 0.15) is 46.5 Å². The number of carbonyl (C=O) groups excluding carboxylic acids is 2. The van der Waals surface area contributed by atoms with E-state index in [0.29, 0.717) is 0 Å². The van der Waals surface area contributed by atoms with Gasteiger partial charge in [0, 0.05) is 6.04 Å². The van der Waals surface area contributed by atoms with E-state index in [2.05, 4.69) is 0 Å². The van der Waals surface area contributed by atoms with E-state index < -0.39 is 29.1 Å². The number of nitrogens with zero attached hydrogens (tertiary/aromatic N) is 1. The van der Waals surface area contributed by atoms with Gasteiger partial charge in [-0.2, -0.15) is 0 Å². The minimum absolute atomic E-state index is 0.0702. The first-order valence-corrected chi connectivity index (χ1v) is 6.96. The fourth-order valence-corrected chi connectivity index (χ4v) is 2.78. The molecule has 6 heteroatoms. The van der Waals surface area contributed by atoms with E-state index in [0.717, 1.165) is 25.7 Å². The van der Waals surface area contributed by atoms with Crippen molar-refractivity contribution in [3.05, 3.63) is 0 Å². The van der Waals surface area contributed by atoms with Crippen molar-refractivity contribution in [1.82, 2.24) is 4.90 Å². The van der Waals surface area contributed by atoms with Gasteiger partial charge in [0.2, 0.25) is 11.8 Å². The van der Waals surface area contributed by atoms with E-state index in [1.807, 2.05) is 0 Å². The molecule has 1 unspecified atom stereocenters. The number of hydrogen-bond acceptors (Lipinski definition) is 3. The molecule has 1 rings (SSSR count). The normalized spacial score (nSPS) is 17.8.